The quantitative estimate of drug-likeness (QED) is 0.0850. The predicted octanol–water partition coefficient (Wildman–Crippen LogP) is 12.0. The molecule has 0 rings (SSSR count). The van der Waals surface area contributed by atoms with Crippen molar-refractivity contribution in [2.24, 2.45) is 11.3 Å². The molecule has 0 bridgehead atoms. The van der Waals surface area contributed by atoms with Crippen LogP contribution in [-0.4, -0.2) is 18.5 Å². The van der Waals surface area contributed by atoms with Crippen LogP contribution in [0.1, 0.15) is 190 Å². The van der Waals surface area contributed by atoms with Gasteiger partial charge in [-0.2, -0.15) is 0 Å². The van der Waals surface area contributed by atoms with Gasteiger partial charge in [0.2, 0.25) is 0 Å². The molecule has 3 unspecified atom stereocenters. The molecule has 0 saturated heterocycles. The van der Waals surface area contributed by atoms with Crippen LogP contribution in [-0.2, 0) is 9.47 Å². The molecule has 0 aromatic heterocycles. The fraction of sp³-hybridized carbons (Fsp3) is 1.00. The van der Waals surface area contributed by atoms with E-state index in [9.17, 15) is 0 Å². The zero-order valence-electron chi connectivity index (χ0n) is 26.5. The van der Waals surface area contributed by atoms with E-state index in [0.29, 0.717) is 11.3 Å². The van der Waals surface area contributed by atoms with Gasteiger partial charge in [-0.3, -0.25) is 0 Å². The molecular weight excluding hydrogens is 440 g/mol. The Kier molecular flexibility index (Phi) is 23.9. The lowest BCUT2D eigenvalue weighted by Gasteiger charge is -2.32. The van der Waals surface area contributed by atoms with Gasteiger partial charge in [0.25, 0.3) is 0 Å². The minimum Gasteiger partial charge on any atom is -0.349 e. The highest BCUT2D eigenvalue weighted by atomic mass is 16.7. The highest BCUT2D eigenvalue weighted by Crippen LogP contribution is 2.28. The Morgan fingerprint density at radius 2 is 0.861 bits per heavy atom. The van der Waals surface area contributed by atoms with Crippen LogP contribution in [0, 0.1) is 11.3 Å². The first kappa shape index (κ1) is 35.9. The normalized spacial score (nSPS) is 15.7. The van der Waals surface area contributed by atoms with Gasteiger partial charge in [-0.05, 0) is 51.4 Å². The molecule has 0 fully saturated rings. The summed E-state index contributed by atoms with van der Waals surface area (Å²) >= 11 is 0. The van der Waals surface area contributed by atoms with E-state index in [1.165, 1.54) is 122 Å². The highest BCUT2D eigenvalue weighted by Gasteiger charge is 2.25. The number of hydrogen-bond acceptors (Lipinski definition) is 2. The second kappa shape index (κ2) is 24.0. The van der Waals surface area contributed by atoms with Crippen LogP contribution >= 0.6 is 0 Å². The minimum atomic E-state index is -0.0249. The Morgan fingerprint density at radius 1 is 0.500 bits per heavy atom. The average Bonchev–Trinajstić information content (AvgIpc) is 2.84. The lowest BCUT2D eigenvalue weighted by molar-refractivity contribution is -0.216. The van der Waals surface area contributed by atoms with Crippen molar-refractivity contribution in [3.05, 3.63) is 0 Å². The van der Waals surface area contributed by atoms with Gasteiger partial charge < -0.3 is 9.47 Å². The topological polar surface area (TPSA) is 18.5 Å². The summed E-state index contributed by atoms with van der Waals surface area (Å²) in [5.41, 5.74) is 0.505. The van der Waals surface area contributed by atoms with Crippen LogP contribution in [0.15, 0.2) is 0 Å². The molecule has 36 heavy (non-hydrogen) atoms. The number of rotatable bonds is 26. The third-order valence-electron chi connectivity index (χ3n) is 7.95. The molecule has 0 spiro atoms. The van der Waals surface area contributed by atoms with Crippen LogP contribution in [0.2, 0.25) is 0 Å². The number of hydrogen-bond donors (Lipinski definition) is 0. The molecule has 0 aromatic carbocycles. The first-order valence-corrected chi connectivity index (χ1v) is 16.5. The van der Waals surface area contributed by atoms with Gasteiger partial charge in [0.1, 0.15) is 0 Å². The maximum absolute atomic E-state index is 6.49. The summed E-state index contributed by atoms with van der Waals surface area (Å²) in [7, 11) is 0. The van der Waals surface area contributed by atoms with E-state index in [2.05, 4.69) is 55.4 Å². The molecule has 0 radical (unpaired) electrons. The second-order valence-electron chi connectivity index (χ2n) is 13.0. The van der Waals surface area contributed by atoms with E-state index in [4.69, 9.17) is 9.47 Å². The molecule has 0 N–H and O–H groups in total. The highest BCUT2D eigenvalue weighted by molar-refractivity contribution is 4.68. The summed E-state index contributed by atoms with van der Waals surface area (Å²) in [4.78, 5) is 0. The lowest BCUT2D eigenvalue weighted by Crippen LogP contribution is -2.33. The zero-order chi connectivity index (χ0) is 27.1. The second-order valence-corrected chi connectivity index (χ2v) is 13.0. The van der Waals surface area contributed by atoms with Crippen molar-refractivity contribution in [1.29, 1.82) is 0 Å². The summed E-state index contributed by atoms with van der Waals surface area (Å²) in [5, 5.41) is 0. The van der Waals surface area contributed by atoms with Gasteiger partial charge in [-0.15, -0.1) is 0 Å². The van der Waals surface area contributed by atoms with E-state index in [-0.39, 0.29) is 18.5 Å². The summed E-state index contributed by atoms with van der Waals surface area (Å²) in [6.45, 7) is 18.3. The molecule has 0 aliphatic rings. The molecule has 0 amide bonds. The SMILES string of the molecule is CCCCCCCCCC(CCCCCCCCCCCC(C)(C)C)C(OC(C)CC)OC(C)CC. The average molecular weight is 511 g/mol. The summed E-state index contributed by atoms with van der Waals surface area (Å²) in [5.74, 6) is 0.548. The minimum absolute atomic E-state index is 0.0249. The van der Waals surface area contributed by atoms with Crippen molar-refractivity contribution in [2.75, 3.05) is 0 Å². The van der Waals surface area contributed by atoms with Crippen LogP contribution in [0.5, 0.6) is 0 Å². The van der Waals surface area contributed by atoms with Gasteiger partial charge >= 0.3 is 0 Å². The van der Waals surface area contributed by atoms with Crippen molar-refractivity contribution in [2.45, 2.75) is 209 Å². The predicted molar refractivity (Wildman–Crippen MR) is 162 cm³/mol. The Labute approximate surface area is 229 Å². The van der Waals surface area contributed by atoms with Gasteiger partial charge in [0.05, 0.1) is 12.2 Å². The van der Waals surface area contributed by atoms with Gasteiger partial charge in [0, 0.05) is 5.92 Å². The fourth-order valence-corrected chi connectivity index (χ4v) is 4.98. The first-order valence-electron chi connectivity index (χ1n) is 16.5. The fourth-order valence-electron chi connectivity index (χ4n) is 4.98. The maximum atomic E-state index is 6.49. The molecule has 218 valence electrons. The Balaban J connectivity index is 4.40. The van der Waals surface area contributed by atoms with Crippen LogP contribution in [0.4, 0.5) is 0 Å². The van der Waals surface area contributed by atoms with Gasteiger partial charge in [0.15, 0.2) is 6.29 Å². The van der Waals surface area contributed by atoms with Crippen molar-refractivity contribution < 1.29 is 9.47 Å². The molecule has 0 saturated carbocycles. The van der Waals surface area contributed by atoms with Crippen molar-refractivity contribution >= 4 is 0 Å². The first-order chi connectivity index (χ1) is 17.2. The van der Waals surface area contributed by atoms with Crippen molar-refractivity contribution in [1.82, 2.24) is 0 Å². The third-order valence-corrected chi connectivity index (χ3v) is 7.95. The maximum Gasteiger partial charge on any atom is 0.161 e. The van der Waals surface area contributed by atoms with Crippen molar-refractivity contribution in [3.63, 3.8) is 0 Å². The zero-order valence-corrected chi connectivity index (χ0v) is 26.5. The Hall–Kier alpha value is -0.0800. The molecule has 0 heterocycles. The molecule has 2 nitrogen and oxygen atoms in total. The molecule has 3 atom stereocenters. The van der Waals surface area contributed by atoms with Gasteiger partial charge in [-0.25, -0.2) is 0 Å². The van der Waals surface area contributed by atoms with Crippen LogP contribution in [0.25, 0.3) is 0 Å². The Bertz CT molecular complexity index is 429. The molecule has 0 aliphatic carbocycles. The van der Waals surface area contributed by atoms with E-state index in [1.807, 2.05) is 0 Å². The number of ether oxygens (including phenoxy) is 2. The molecule has 0 aromatic rings. The lowest BCUT2D eigenvalue weighted by atomic mass is 9.89. The largest absolute Gasteiger partial charge is 0.349 e. The van der Waals surface area contributed by atoms with Gasteiger partial charge in [-0.1, -0.05) is 144 Å². The van der Waals surface area contributed by atoms with E-state index >= 15 is 0 Å². The monoisotopic (exact) mass is 511 g/mol. The third kappa shape index (κ3) is 23.1. The summed E-state index contributed by atoms with van der Waals surface area (Å²) in [6.07, 6.45) is 28.8. The van der Waals surface area contributed by atoms with E-state index < -0.39 is 0 Å². The van der Waals surface area contributed by atoms with Crippen LogP contribution in [0.3, 0.4) is 0 Å². The smallest absolute Gasteiger partial charge is 0.161 e. The van der Waals surface area contributed by atoms with Crippen molar-refractivity contribution in [3.8, 4) is 0 Å². The Morgan fingerprint density at radius 3 is 1.22 bits per heavy atom. The molecular formula is C34H70O2. The standard InChI is InChI=1S/C34H70O2/c1-9-12-13-14-18-21-24-27-32(33(35-30(4)10-2)36-31(5)11-3)28-25-22-19-16-15-17-20-23-26-29-34(6,7)8/h30-33H,9-29H2,1-8H3. The summed E-state index contributed by atoms with van der Waals surface area (Å²) < 4.78 is 13.0. The molecule has 0 aliphatic heterocycles. The van der Waals surface area contributed by atoms with E-state index in [0.717, 1.165) is 12.8 Å². The van der Waals surface area contributed by atoms with E-state index in [1.54, 1.807) is 0 Å². The molecule has 2 heteroatoms. The number of unbranched alkanes of at least 4 members (excludes halogenated alkanes) is 14. The summed E-state index contributed by atoms with van der Waals surface area (Å²) in [6, 6.07) is 0. The van der Waals surface area contributed by atoms with Crippen LogP contribution < -0.4 is 0 Å².